The Morgan fingerprint density at radius 3 is 2.52 bits per heavy atom. The highest BCUT2D eigenvalue weighted by atomic mass is 16.3. The first-order valence-electron chi connectivity index (χ1n) is 8.14. The van der Waals surface area contributed by atoms with Crippen LogP contribution in [0.3, 0.4) is 0 Å². The number of aromatic hydroxyl groups is 1. The molecule has 2 N–H and O–H groups in total. The summed E-state index contributed by atoms with van der Waals surface area (Å²) in [6.07, 6.45) is 5.25. The molecule has 1 saturated carbocycles. The monoisotopic (exact) mass is 283 g/mol. The maximum absolute atomic E-state index is 10.0. The first-order valence-corrected chi connectivity index (χ1v) is 8.14. The molecule has 0 radical (unpaired) electrons. The lowest BCUT2D eigenvalue weighted by Gasteiger charge is -2.35. The van der Waals surface area contributed by atoms with Crippen LogP contribution in [0.1, 0.15) is 39.5 Å². The van der Waals surface area contributed by atoms with Gasteiger partial charge in [-0.1, -0.05) is 51.0 Å². The first kappa shape index (κ1) is 14.2. The lowest BCUT2D eigenvalue weighted by atomic mass is 9.77. The standard InChI is InChI=1S/C19H25NO/c1-13(2)14-7-3-4-10-17(14)20-18-11-5-9-16-15(18)8-6-12-19(16)21/h5-6,8-9,11-14,17,20-21H,3-4,7,10H2,1-2H3. The Balaban J connectivity index is 1.92. The Morgan fingerprint density at radius 2 is 1.71 bits per heavy atom. The van der Waals surface area contributed by atoms with Crippen LogP contribution in [0, 0.1) is 11.8 Å². The summed E-state index contributed by atoms with van der Waals surface area (Å²) in [7, 11) is 0. The van der Waals surface area contributed by atoms with Crippen molar-refractivity contribution in [1.82, 2.24) is 0 Å². The normalized spacial score (nSPS) is 22.6. The van der Waals surface area contributed by atoms with Crippen LogP contribution in [0.25, 0.3) is 10.8 Å². The molecular weight excluding hydrogens is 258 g/mol. The van der Waals surface area contributed by atoms with Gasteiger partial charge in [0.25, 0.3) is 0 Å². The SMILES string of the molecule is CC(C)C1CCCCC1Nc1cccc2c(O)cccc12. The van der Waals surface area contributed by atoms with E-state index in [0.29, 0.717) is 17.7 Å². The lowest BCUT2D eigenvalue weighted by molar-refractivity contribution is 0.254. The highest BCUT2D eigenvalue weighted by molar-refractivity contribution is 5.97. The van der Waals surface area contributed by atoms with Gasteiger partial charge in [0.2, 0.25) is 0 Å². The molecule has 0 bridgehead atoms. The smallest absolute Gasteiger partial charge is 0.123 e. The van der Waals surface area contributed by atoms with Crippen molar-refractivity contribution in [1.29, 1.82) is 0 Å². The van der Waals surface area contributed by atoms with E-state index in [0.717, 1.165) is 22.4 Å². The topological polar surface area (TPSA) is 32.3 Å². The van der Waals surface area contributed by atoms with Crippen LogP contribution in [0.15, 0.2) is 36.4 Å². The minimum atomic E-state index is 0.361. The molecule has 0 amide bonds. The van der Waals surface area contributed by atoms with Crippen LogP contribution in [0.5, 0.6) is 5.75 Å². The predicted molar refractivity (Wildman–Crippen MR) is 89.8 cm³/mol. The average molecular weight is 283 g/mol. The molecule has 2 nitrogen and oxygen atoms in total. The van der Waals surface area contributed by atoms with Gasteiger partial charge in [0, 0.05) is 22.5 Å². The van der Waals surface area contributed by atoms with Gasteiger partial charge in [0.15, 0.2) is 0 Å². The summed E-state index contributed by atoms with van der Waals surface area (Å²) >= 11 is 0. The van der Waals surface area contributed by atoms with Gasteiger partial charge >= 0.3 is 0 Å². The van der Waals surface area contributed by atoms with Crippen molar-refractivity contribution in [3.05, 3.63) is 36.4 Å². The van der Waals surface area contributed by atoms with E-state index in [9.17, 15) is 5.11 Å². The number of hydrogen-bond donors (Lipinski definition) is 2. The summed E-state index contributed by atoms with van der Waals surface area (Å²) in [5.74, 6) is 1.82. The second kappa shape index (κ2) is 5.97. The second-order valence-corrected chi connectivity index (χ2v) is 6.62. The maximum Gasteiger partial charge on any atom is 0.123 e. The third-order valence-electron chi connectivity index (χ3n) is 4.92. The van der Waals surface area contributed by atoms with Gasteiger partial charge in [-0.05, 0) is 36.8 Å². The van der Waals surface area contributed by atoms with Crippen LogP contribution < -0.4 is 5.32 Å². The third-order valence-corrected chi connectivity index (χ3v) is 4.92. The summed E-state index contributed by atoms with van der Waals surface area (Å²) in [6.45, 7) is 4.67. The Labute approximate surface area is 127 Å². The first-order chi connectivity index (χ1) is 10.2. The average Bonchev–Trinajstić information content (AvgIpc) is 2.49. The maximum atomic E-state index is 10.0. The summed E-state index contributed by atoms with van der Waals surface area (Å²) in [6, 6.07) is 12.5. The number of fused-ring (bicyclic) bond motifs is 1. The number of benzene rings is 2. The van der Waals surface area contributed by atoms with E-state index in [2.05, 4.69) is 31.3 Å². The molecule has 2 heteroatoms. The molecule has 0 aromatic heterocycles. The summed E-state index contributed by atoms with van der Waals surface area (Å²) in [4.78, 5) is 0. The molecule has 2 atom stereocenters. The van der Waals surface area contributed by atoms with Crippen LogP contribution in [0.2, 0.25) is 0 Å². The van der Waals surface area contributed by atoms with Crippen molar-refractivity contribution in [3.63, 3.8) is 0 Å². The van der Waals surface area contributed by atoms with E-state index in [-0.39, 0.29) is 0 Å². The van der Waals surface area contributed by atoms with Gasteiger partial charge in [-0.25, -0.2) is 0 Å². The quantitative estimate of drug-likeness (QED) is 0.814. The van der Waals surface area contributed by atoms with Crippen LogP contribution in [0.4, 0.5) is 5.69 Å². The fraction of sp³-hybridized carbons (Fsp3) is 0.474. The number of phenolic OH excluding ortho intramolecular Hbond substituents is 1. The lowest BCUT2D eigenvalue weighted by Crippen LogP contribution is -2.35. The Hall–Kier alpha value is -1.70. The summed E-state index contributed by atoms with van der Waals surface area (Å²) < 4.78 is 0. The fourth-order valence-corrected chi connectivity index (χ4v) is 3.76. The molecular formula is C19H25NO. The van der Waals surface area contributed by atoms with E-state index in [1.54, 1.807) is 6.07 Å². The van der Waals surface area contributed by atoms with Crippen molar-refractivity contribution >= 4 is 16.5 Å². The van der Waals surface area contributed by atoms with Crippen molar-refractivity contribution < 1.29 is 5.11 Å². The zero-order valence-electron chi connectivity index (χ0n) is 13.0. The van der Waals surface area contributed by atoms with Gasteiger partial charge in [-0.3, -0.25) is 0 Å². The second-order valence-electron chi connectivity index (χ2n) is 6.62. The predicted octanol–water partition coefficient (Wildman–Crippen LogP) is 5.17. The van der Waals surface area contributed by atoms with E-state index in [1.807, 2.05) is 18.2 Å². The van der Waals surface area contributed by atoms with E-state index in [1.165, 1.54) is 25.7 Å². The molecule has 21 heavy (non-hydrogen) atoms. The number of rotatable bonds is 3. The van der Waals surface area contributed by atoms with Gasteiger partial charge in [0.05, 0.1) is 0 Å². The van der Waals surface area contributed by atoms with Gasteiger partial charge < -0.3 is 10.4 Å². The number of anilines is 1. The Morgan fingerprint density at radius 1 is 1.00 bits per heavy atom. The van der Waals surface area contributed by atoms with Gasteiger partial charge in [-0.2, -0.15) is 0 Å². The van der Waals surface area contributed by atoms with E-state index in [4.69, 9.17) is 0 Å². The van der Waals surface area contributed by atoms with Crippen molar-refractivity contribution in [2.75, 3.05) is 5.32 Å². The molecule has 2 unspecified atom stereocenters. The third kappa shape index (κ3) is 2.85. The number of nitrogens with one attached hydrogen (secondary N) is 1. The van der Waals surface area contributed by atoms with E-state index < -0.39 is 0 Å². The molecule has 1 aliphatic rings. The van der Waals surface area contributed by atoms with Crippen LogP contribution in [-0.2, 0) is 0 Å². The van der Waals surface area contributed by atoms with Crippen LogP contribution >= 0.6 is 0 Å². The zero-order chi connectivity index (χ0) is 14.8. The molecule has 0 spiro atoms. The van der Waals surface area contributed by atoms with Crippen molar-refractivity contribution in [2.45, 2.75) is 45.6 Å². The van der Waals surface area contributed by atoms with E-state index >= 15 is 0 Å². The summed E-state index contributed by atoms with van der Waals surface area (Å²) in [5, 5.41) is 15.8. The van der Waals surface area contributed by atoms with Gasteiger partial charge in [-0.15, -0.1) is 0 Å². The summed E-state index contributed by atoms with van der Waals surface area (Å²) in [5.41, 5.74) is 1.15. The highest BCUT2D eigenvalue weighted by Gasteiger charge is 2.27. The Kier molecular flexibility index (Phi) is 4.05. The molecule has 1 fully saturated rings. The Bertz CT molecular complexity index is 620. The van der Waals surface area contributed by atoms with Gasteiger partial charge in [0.1, 0.15) is 5.75 Å². The highest BCUT2D eigenvalue weighted by Crippen LogP contribution is 2.35. The largest absolute Gasteiger partial charge is 0.507 e. The molecule has 0 heterocycles. The minimum Gasteiger partial charge on any atom is -0.507 e. The number of phenols is 1. The molecule has 2 aromatic carbocycles. The van der Waals surface area contributed by atoms with Crippen molar-refractivity contribution in [2.24, 2.45) is 11.8 Å². The molecule has 1 aliphatic carbocycles. The molecule has 3 rings (SSSR count). The molecule has 0 saturated heterocycles. The molecule has 112 valence electrons. The number of hydrogen-bond acceptors (Lipinski definition) is 2. The zero-order valence-corrected chi connectivity index (χ0v) is 13.0. The molecule has 0 aliphatic heterocycles. The van der Waals surface area contributed by atoms with Crippen molar-refractivity contribution in [3.8, 4) is 5.75 Å². The minimum absolute atomic E-state index is 0.361. The molecule has 2 aromatic rings. The van der Waals surface area contributed by atoms with Crippen LogP contribution in [-0.4, -0.2) is 11.1 Å². The fourth-order valence-electron chi connectivity index (χ4n) is 3.76.